The van der Waals surface area contributed by atoms with E-state index in [1.54, 1.807) is 18.4 Å². The van der Waals surface area contributed by atoms with Gasteiger partial charge in [0.2, 0.25) is 0 Å². The van der Waals surface area contributed by atoms with Crippen molar-refractivity contribution < 1.29 is 4.74 Å². The quantitative estimate of drug-likeness (QED) is 0.687. The molecule has 0 bridgehead atoms. The molecule has 0 spiro atoms. The van der Waals surface area contributed by atoms with E-state index in [0.29, 0.717) is 0 Å². The number of para-hydroxylation sites is 1. The Labute approximate surface area is 147 Å². The Bertz CT molecular complexity index is 754. The summed E-state index contributed by atoms with van der Waals surface area (Å²) >= 11 is 1.73. The molecule has 124 valence electrons. The van der Waals surface area contributed by atoms with Crippen molar-refractivity contribution in [2.24, 2.45) is 0 Å². The number of hydrogen-bond donors (Lipinski definition) is 1. The molecule has 0 aliphatic carbocycles. The first-order valence-corrected chi connectivity index (χ1v) is 8.99. The summed E-state index contributed by atoms with van der Waals surface area (Å²) < 4.78 is 5.45. The zero-order valence-corrected chi connectivity index (χ0v) is 14.8. The van der Waals surface area contributed by atoms with Crippen LogP contribution in [0.4, 0.5) is 0 Å². The standard InChI is InChI=1S/C20H22N2OS/c1-15-7-8-18(21-12-15)19(11-16-9-10-24-14-16)22-13-17-5-3-4-6-20(17)23-2/h3-10,12,14,19,22H,11,13H2,1-2H3/t19-/m1/s1. The fourth-order valence-corrected chi connectivity index (χ4v) is 3.37. The average Bonchev–Trinajstić information content (AvgIpc) is 3.13. The predicted molar refractivity (Wildman–Crippen MR) is 99.6 cm³/mol. The largest absolute Gasteiger partial charge is 0.496 e. The molecular formula is C20H22N2OS. The van der Waals surface area contributed by atoms with Crippen molar-refractivity contribution in [2.45, 2.75) is 25.9 Å². The number of aromatic nitrogens is 1. The van der Waals surface area contributed by atoms with E-state index in [4.69, 9.17) is 4.74 Å². The van der Waals surface area contributed by atoms with Crippen LogP contribution in [0.1, 0.15) is 28.4 Å². The Kier molecular flexibility index (Phi) is 5.62. The van der Waals surface area contributed by atoms with Gasteiger partial charge in [0, 0.05) is 18.3 Å². The highest BCUT2D eigenvalue weighted by atomic mass is 32.1. The predicted octanol–water partition coefficient (Wildman–Crippen LogP) is 4.53. The molecule has 0 amide bonds. The zero-order valence-electron chi connectivity index (χ0n) is 14.0. The van der Waals surface area contributed by atoms with Gasteiger partial charge in [-0.15, -0.1) is 0 Å². The molecule has 3 aromatic rings. The van der Waals surface area contributed by atoms with Gasteiger partial charge in [0.05, 0.1) is 18.8 Å². The molecule has 24 heavy (non-hydrogen) atoms. The summed E-state index contributed by atoms with van der Waals surface area (Å²) in [4.78, 5) is 4.62. The number of benzene rings is 1. The van der Waals surface area contributed by atoms with E-state index in [9.17, 15) is 0 Å². The van der Waals surface area contributed by atoms with Gasteiger partial charge >= 0.3 is 0 Å². The Morgan fingerprint density at radius 1 is 1.17 bits per heavy atom. The second-order valence-electron chi connectivity index (χ2n) is 5.84. The fraction of sp³-hybridized carbons (Fsp3) is 0.250. The van der Waals surface area contributed by atoms with Crippen molar-refractivity contribution in [1.29, 1.82) is 0 Å². The highest BCUT2D eigenvalue weighted by Crippen LogP contribution is 2.22. The number of pyridine rings is 1. The highest BCUT2D eigenvalue weighted by molar-refractivity contribution is 7.07. The Morgan fingerprint density at radius 2 is 2.04 bits per heavy atom. The zero-order chi connectivity index (χ0) is 16.8. The first-order valence-electron chi connectivity index (χ1n) is 8.05. The van der Waals surface area contributed by atoms with Crippen molar-refractivity contribution in [1.82, 2.24) is 10.3 Å². The molecule has 0 fully saturated rings. The molecule has 1 atom stereocenters. The molecule has 3 nitrogen and oxygen atoms in total. The molecule has 2 heterocycles. The number of nitrogens with one attached hydrogen (secondary N) is 1. The van der Waals surface area contributed by atoms with E-state index in [0.717, 1.165) is 30.0 Å². The molecule has 0 aliphatic rings. The van der Waals surface area contributed by atoms with Crippen LogP contribution in [-0.2, 0) is 13.0 Å². The first kappa shape index (κ1) is 16.7. The van der Waals surface area contributed by atoms with Crippen LogP contribution in [-0.4, -0.2) is 12.1 Å². The molecule has 3 rings (SSSR count). The lowest BCUT2D eigenvalue weighted by Gasteiger charge is -2.19. The van der Waals surface area contributed by atoms with Crippen LogP contribution in [0.15, 0.2) is 59.4 Å². The summed E-state index contributed by atoms with van der Waals surface area (Å²) in [6, 6.07) is 14.7. The van der Waals surface area contributed by atoms with Gasteiger partial charge < -0.3 is 10.1 Å². The monoisotopic (exact) mass is 338 g/mol. The number of ether oxygens (including phenoxy) is 1. The molecule has 0 aliphatic heterocycles. The number of aryl methyl sites for hydroxylation is 1. The molecule has 1 N–H and O–H groups in total. The summed E-state index contributed by atoms with van der Waals surface area (Å²) in [7, 11) is 1.71. The molecule has 0 radical (unpaired) electrons. The first-order chi connectivity index (χ1) is 11.8. The number of methoxy groups -OCH3 is 1. The highest BCUT2D eigenvalue weighted by Gasteiger charge is 2.14. The van der Waals surface area contributed by atoms with Crippen LogP contribution in [0.25, 0.3) is 0 Å². The molecule has 2 aromatic heterocycles. The van der Waals surface area contributed by atoms with Gasteiger partial charge in [0.15, 0.2) is 0 Å². The second kappa shape index (κ2) is 8.08. The van der Waals surface area contributed by atoms with Crippen molar-refractivity contribution in [3.05, 3.63) is 81.8 Å². The van der Waals surface area contributed by atoms with E-state index < -0.39 is 0 Å². The Hall–Kier alpha value is -2.17. The lowest BCUT2D eigenvalue weighted by atomic mass is 10.0. The topological polar surface area (TPSA) is 34.1 Å². The van der Waals surface area contributed by atoms with E-state index in [2.05, 4.69) is 52.3 Å². The van der Waals surface area contributed by atoms with Crippen molar-refractivity contribution in [3.63, 3.8) is 0 Å². The van der Waals surface area contributed by atoms with Crippen molar-refractivity contribution in [2.75, 3.05) is 7.11 Å². The third-order valence-electron chi connectivity index (χ3n) is 4.04. The Morgan fingerprint density at radius 3 is 2.75 bits per heavy atom. The van der Waals surface area contributed by atoms with Gasteiger partial charge in [-0.25, -0.2) is 0 Å². The molecule has 0 saturated heterocycles. The minimum absolute atomic E-state index is 0.171. The van der Waals surface area contributed by atoms with Crippen molar-refractivity contribution in [3.8, 4) is 5.75 Å². The van der Waals surface area contributed by atoms with Crippen LogP contribution in [0, 0.1) is 6.92 Å². The summed E-state index contributed by atoms with van der Waals surface area (Å²) in [5.41, 5.74) is 4.74. The minimum Gasteiger partial charge on any atom is -0.496 e. The third-order valence-corrected chi connectivity index (χ3v) is 4.77. The van der Waals surface area contributed by atoms with Crippen LogP contribution < -0.4 is 10.1 Å². The van der Waals surface area contributed by atoms with Crippen LogP contribution in [0.2, 0.25) is 0 Å². The number of rotatable bonds is 7. The van der Waals surface area contributed by atoms with Gasteiger partial charge in [-0.2, -0.15) is 11.3 Å². The Balaban J connectivity index is 1.77. The van der Waals surface area contributed by atoms with Crippen LogP contribution >= 0.6 is 11.3 Å². The number of thiophene rings is 1. The SMILES string of the molecule is COc1ccccc1CN[C@H](Cc1ccsc1)c1ccc(C)cn1. The second-order valence-corrected chi connectivity index (χ2v) is 6.62. The maximum atomic E-state index is 5.45. The van der Waals surface area contributed by atoms with Crippen LogP contribution in [0.5, 0.6) is 5.75 Å². The van der Waals surface area contributed by atoms with Gasteiger partial charge in [0.25, 0.3) is 0 Å². The van der Waals surface area contributed by atoms with E-state index in [-0.39, 0.29) is 6.04 Å². The maximum Gasteiger partial charge on any atom is 0.123 e. The lowest BCUT2D eigenvalue weighted by Crippen LogP contribution is -2.24. The maximum absolute atomic E-state index is 5.45. The smallest absolute Gasteiger partial charge is 0.123 e. The lowest BCUT2D eigenvalue weighted by molar-refractivity contribution is 0.404. The van der Waals surface area contributed by atoms with Gasteiger partial charge in [-0.05, 0) is 53.4 Å². The molecule has 4 heteroatoms. The molecule has 0 saturated carbocycles. The summed E-state index contributed by atoms with van der Waals surface area (Å²) in [6.45, 7) is 2.81. The van der Waals surface area contributed by atoms with E-state index in [1.165, 1.54) is 11.1 Å². The summed E-state index contributed by atoms with van der Waals surface area (Å²) in [6.07, 6.45) is 2.86. The summed E-state index contributed by atoms with van der Waals surface area (Å²) in [5, 5.41) is 7.97. The number of hydrogen-bond acceptors (Lipinski definition) is 4. The average molecular weight is 338 g/mol. The van der Waals surface area contributed by atoms with Gasteiger partial charge in [-0.3, -0.25) is 4.98 Å². The third kappa shape index (κ3) is 4.22. The number of nitrogens with zero attached hydrogens (tertiary/aromatic N) is 1. The van der Waals surface area contributed by atoms with E-state index >= 15 is 0 Å². The molecular weight excluding hydrogens is 316 g/mol. The van der Waals surface area contributed by atoms with Gasteiger partial charge in [0.1, 0.15) is 5.75 Å². The normalized spacial score (nSPS) is 12.1. The van der Waals surface area contributed by atoms with E-state index in [1.807, 2.05) is 24.4 Å². The van der Waals surface area contributed by atoms with Gasteiger partial charge in [-0.1, -0.05) is 24.3 Å². The minimum atomic E-state index is 0.171. The van der Waals surface area contributed by atoms with Crippen LogP contribution in [0.3, 0.4) is 0 Å². The van der Waals surface area contributed by atoms with Crippen molar-refractivity contribution >= 4 is 11.3 Å². The summed E-state index contributed by atoms with van der Waals surface area (Å²) in [5.74, 6) is 0.913. The molecule has 0 unspecified atom stereocenters. The molecule has 1 aromatic carbocycles. The fourth-order valence-electron chi connectivity index (χ4n) is 2.69.